The molecule has 0 aromatic carbocycles. The molecule has 0 bridgehead atoms. The number of rotatable bonds is 10. The van der Waals surface area contributed by atoms with E-state index in [-0.39, 0.29) is 11.9 Å². The number of methoxy groups -OCH3 is 1. The van der Waals surface area contributed by atoms with Crippen molar-refractivity contribution in [1.82, 2.24) is 0 Å². The third-order valence-electron chi connectivity index (χ3n) is 2.88. The van der Waals surface area contributed by atoms with Gasteiger partial charge in [0.2, 0.25) is 0 Å². The molecule has 0 saturated carbocycles. The van der Waals surface area contributed by atoms with Crippen LogP contribution in [0.2, 0.25) is 0 Å². The van der Waals surface area contributed by atoms with Crippen LogP contribution in [0.3, 0.4) is 0 Å². The van der Waals surface area contributed by atoms with Gasteiger partial charge in [0, 0.05) is 0 Å². The molecule has 1 atom stereocenters. The molecule has 0 rings (SSSR count). The zero-order valence-corrected chi connectivity index (χ0v) is 10.8. The summed E-state index contributed by atoms with van der Waals surface area (Å²) in [5.74, 6) is 0.0855. The Hall–Kier alpha value is -0.790. The molecule has 0 aliphatic carbocycles. The average Bonchev–Trinajstić information content (AvgIpc) is 2.31. The van der Waals surface area contributed by atoms with E-state index in [0.29, 0.717) is 0 Å². The van der Waals surface area contributed by atoms with Crippen LogP contribution >= 0.6 is 0 Å². The monoisotopic (exact) mass is 226 g/mol. The Labute approximate surface area is 100 Å². The summed E-state index contributed by atoms with van der Waals surface area (Å²) in [6.07, 6.45) is 10.9. The molecule has 1 unspecified atom stereocenters. The minimum absolute atomic E-state index is 0.0343. The molecule has 94 valence electrons. The second-order valence-corrected chi connectivity index (χ2v) is 4.29. The SMILES string of the molecule is C=CCCCCCCC(CCC)C(=O)OC. The Bertz CT molecular complexity index is 187. The van der Waals surface area contributed by atoms with Gasteiger partial charge in [-0.25, -0.2) is 0 Å². The average molecular weight is 226 g/mol. The lowest BCUT2D eigenvalue weighted by atomic mass is 9.96. The molecule has 0 aromatic rings. The summed E-state index contributed by atoms with van der Waals surface area (Å²) < 4.78 is 4.81. The van der Waals surface area contributed by atoms with Crippen molar-refractivity contribution in [3.8, 4) is 0 Å². The van der Waals surface area contributed by atoms with E-state index >= 15 is 0 Å². The Balaban J connectivity index is 3.59. The largest absolute Gasteiger partial charge is 0.469 e. The molecule has 0 fully saturated rings. The minimum atomic E-state index is -0.0343. The molecular formula is C14H26O2. The van der Waals surface area contributed by atoms with Gasteiger partial charge in [-0.1, -0.05) is 38.7 Å². The van der Waals surface area contributed by atoms with Gasteiger partial charge in [0.15, 0.2) is 0 Å². The lowest BCUT2D eigenvalue weighted by Crippen LogP contribution is -2.15. The molecular weight excluding hydrogens is 200 g/mol. The predicted octanol–water partition coefficient (Wildman–Crippen LogP) is 4.10. The van der Waals surface area contributed by atoms with E-state index in [0.717, 1.165) is 32.1 Å². The van der Waals surface area contributed by atoms with Crippen molar-refractivity contribution < 1.29 is 9.53 Å². The van der Waals surface area contributed by atoms with Crippen molar-refractivity contribution in [2.24, 2.45) is 5.92 Å². The first kappa shape index (κ1) is 15.2. The van der Waals surface area contributed by atoms with Crippen LogP contribution in [-0.4, -0.2) is 13.1 Å². The first-order chi connectivity index (χ1) is 7.76. The van der Waals surface area contributed by atoms with Crippen molar-refractivity contribution in [3.05, 3.63) is 12.7 Å². The fourth-order valence-electron chi connectivity index (χ4n) is 1.93. The van der Waals surface area contributed by atoms with Gasteiger partial charge in [-0.2, -0.15) is 0 Å². The van der Waals surface area contributed by atoms with Gasteiger partial charge in [0.1, 0.15) is 0 Å². The molecule has 0 aromatic heterocycles. The molecule has 0 aliphatic rings. The van der Waals surface area contributed by atoms with Crippen LogP contribution in [0.25, 0.3) is 0 Å². The van der Waals surface area contributed by atoms with Crippen LogP contribution in [0.15, 0.2) is 12.7 Å². The fourth-order valence-corrected chi connectivity index (χ4v) is 1.93. The number of unbranched alkanes of at least 4 members (excludes halogenated alkanes) is 4. The third kappa shape index (κ3) is 7.49. The van der Waals surface area contributed by atoms with Crippen LogP contribution in [0, 0.1) is 5.92 Å². The highest BCUT2D eigenvalue weighted by Crippen LogP contribution is 2.17. The first-order valence-electron chi connectivity index (χ1n) is 6.45. The first-order valence-corrected chi connectivity index (χ1v) is 6.45. The van der Waals surface area contributed by atoms with E-state index < -0.39 is 0 Å². The second-order valence-electron chi connectivity index (χ2n) is 4.29. The minimum Gasteiger partial charge on any atom is -0.469 e. The van der Waals surface area contributed by atoms with E-state index in [1.165, 1.54) is 26.4 Å². The Morgan fingerprint density at radius 2 is 1.94 bits per heavy atom. The Morgan fingerprint density at radius 1 is 1.25 bits per heavy atom. The van der Waals surface area contributed by atoms with Gasteiger partial charge in [0.05, 0.1) is 13.0 Å². The van der Waals surface area contributed by atoms with Gasteiger partial charge in [0.25, 0.3) is 0 Å². The van der Waals surface area contributed by atoms with E-state index in [4.69, 9.17) is 4.74 Å². The van der Waals surface area contributed by atoms with Crippen LogP contribution in [0.5, 0.6) is 0 Å². The maximum absolute atomic E-state index is 11.4. The van der Waals surface area contributed by atoms with Gasteiger partial charge >= 0.3 is 5.97 Å². The zero-order chi connectivity index (χ0) is 12.2. The highest BCUT2D eigenvalue weighted by molar-refractivity contribution is 5.72. The molecule has 16 heavy (non-hydrogen) atoms. The van der Waals surface area contributed by atoms with E-state index in [1.807, 2.05) is 6.08 Å². The van der Waals surface area contributed by atoms with Gasteiger partial charge in [-0.3, -0.25) is 4.79 Å². The number of esters is 1. The number of hydrogen-bond acceptors (Lipinski definition) is 2. The molecule has 0 aliphatic heterocycles. The summed E-state index contributed by atoms with van der Waals surface area (Å²) in [5, 5.41) is 0. The standard InChI is InChI=1S/C14H26O2/c1-4-6-7-8-9-10-12-13(11-5-2)14(15)16-3/h4,13H,1,5-12H2,2-3H3. The third-order valence-corrected chi connectivity index (χ3v) is 2.88. The predicted molar refractivity (Wildman–Crippen MR) is 68.3 cm³/mol. The Kier molecular flexibility index (Phi) is 10.2. The quantitative estimate of drug-likeness (QED) is 0.318. The number of allylic oxidation sites excluding steroid dienone is 1. The van der Waals surface area contributed by atoms with Crippen LogP contribution in [0.1, 0.15) is 58.3 Å². The maximum Gasteiger partial charge on any atom is 0.308 e. The summed E-state index contributed by atoms with van der Waals surface area (Å²) in [6.45, 7) is 5.82. The van der Waals surface area contributed by atoms with Gasteiger partial charge < -0.3 is 4.74 Å². The number of ether oxygens (including phenoxy) is 1. The Morgan fingerprint density at radius 3 is 2.50 bits per heavy atom. The lowest BCUT2D eigenvalue weighted by molar-refractivity contribution is -0.146. The van der Waals surface area contributed by atoms with Gasteiger partial charge in [-0.15, -0.1) is 6.58 Å². The van der Waals surface area contributed by atoms with Crippen molar-refractivity contribution in [3.63, 3.8) is 0 Å². The van der Waals surface area contributed by atoms with Gasteiger partial charge in [-0.05, 0) is 25.7 Å². The summed E-state index contributed by atoms with van der Waals surface area (Å²) in [5.41, 5.74) is 0. The molecule has 0 saturated heterocycles. The number of carbonyl (C=O) groups excluding carboxylic acids is 1. The normalized spacial score (nSPS) is 12.1. The van der Waals surface area contributed by atoms with Crippen LogP contribution in [0.4, 0.5) is 0 Å². The summed E-state index contributed by atoms with van der Waals surface area (Å²) in [6, 6.07) is 0. The second kappa shape index (κ2) is 10.7. The summed E-state index contributed by atoms with van der Waals surface area (Å²) >= 11 is 0. The summed E-state index contributed by atoms with van der Waals surface area (Å²) in [7, 11) is 1.48. The van der Waals surface area contributed by atoms with E-state index in [2.05, 4.69) is 13.5 Å². The summed E-state index contributed by atoms with van der Waals surface area (Å²) in [4.78, 5) is 11.4. The lowest BCUT2D eigenvalue weighted by Gasteiger charge is -2.13. The highest BCUT2D eigenvalue weighted by Gasteiger charge is 2.16. The van der Waals surface area contributed by atoms with Crippen molar-refractivity contribution >= 4 is 5.97 Å². The topological polar surface area (TPSA) is 26.3 Å². The maximum atomic E-state index is 11.4. The molecule has 2 nitrogen and oxygen atoms in total. The zero-order valence-electron chi connectivity index (χ0n) is 10.8. The molecule has 0 spiro atoms. The van der Waals surface area contributed by atoms with Crippen LogP contribution < -0.4 is 0 Å². The van der Waals surface area contributed by atoms with E-state index in [1.54, 1.807) is 0 Å². The fraction of sp³-hybridized carbons (Fsp3) is 0.786. The highest BCUT2D eigenvalue weighted by atomic mass is 16.5. The van der Waals surface area contributed by atoms with Crippen LogP contribution in [-0.2, 0) is 9.53 Å². The smallest absolute Gasteiger partial charge is 0.308 e. The van der Waals surface area contributed by atoms with E-state index in [9.17, 15) is 4.79 Å². The number of hydrogen-bond donors (Lipinski definition) is 0. The number of carbonyl (C=O) groups is 1. The van der Waals surface area contributed by atoms with Crippen molar-refractivity contribution in [1.29, 1.82) is 0 Å². The van der Waals surface area contributed by atoms with Crippen molar-refractivity contribution in [2.75, 3.05) is 7.11 Å². The molecule has 0 amide bonds. The molecule has 0 radical (unpaired) electrons. The molecule has 0 heterocycles. The molecule has 0 N–H and O–H groups in total. The molecule has 2 heteroatoms. The van der Waals surface area contributed by atoms with Crippen molar-refractivity contribution in [2.45, 2.75) is 58.3 Å².